The van der Waals surface area contributed by atoms with Crippen molar-refractivity contribution in [3.8, 4) is 5.75 Å². The van der Waals surface area contributed by atoms with E-state index in [1.54, 1.807) is 11.4 Å². The predicted octanol–water partition coefficient (Wildman–Crippen LogP) is 1.77. The second-order valence-electron chi connectivity index (χ2n) is 3.77. The van der Waals surface area contributed by atoms with Crippen LogP contribution >= 0.6 is 11.3 Å². The fourth-order valence-corrected chi connectivity index (χ4v) is 2.14. The molecule has 104 valence electrons. The van der Waals surface area contributed by atoms with E-state index in [9.17, 15) is 9.59 Å². The zero-order valence-electron chi connectivity index (χ0n) is 10.5. The summed E-state index contributed by atoms with van der Waals surface area (Å²) in [7, 11) is 0. The molecular weight excluding hydrogens is 282 g/mol. The van der Waals surface area contributed by atoms with Gasteiger partial charge in [0, 0.05) is 18.5 Å². The fraction of sp³-hybridized carbons (Fsp3) is 0.167. The summed E-state index contributed by atoms with van der Waals surface area (Å²) in [4.78, 5) is 29.7. The summed E-state index contributed by atoms with van der Waals surface area (Å²) in [5.41, 5.74) is 0.448. The Morgan fingerprint density at radius 3 is 3.00 bits per heavy atom. The number of anilines is 1. The lowest BCUT2D eigenvalue weighted by Gasteiger charge is -2.06. The van der Waals surface area contributed by atoms with Crippen LogP contribution in [0.15, 0.2) is 23.7 Å². The minimum absolute atomic E-state index is 0.0993. The molecule has 2 N–H and O–H groups in total. The van der Waals surface area contributed by atoms with Crippen LogP contribution in [0.1, 0.15) is 23.1 Å². The van der Waals surface area contributed by atoms with Gasteiger partial charge in [-0.05, 0) is 12.1 Å². The number of ether oxygens (including phenoxy) is 1. The van der Waals surface area contributed by atoms with Gasteiger partial charge in [0.1, 0.15) is 6.61 Å². The maximum atomic E-state index is 11.0. The van der Waals surface area contributed by atoms with Crippen LogP contribution in [0.5, 0.6) is 5.75 Å². The lowest BCUT2D eigenvalue weighted by atomic mass is 10.3. The van der Waals surface area contributed by atoms with Gasteiger partial charge in [-0.25, -0.2) is 14.8 Å². The van der Waals surface area contributed by atoms with E-state index < -0.39 is 5.97 Å². The van der Waals surface area contributed by atoms with Gasteiger partial charge in [0.2, 0.25) is 5.91 Å². The number of aromatic nitrogens is 2. The molecule has 2 aromatic rings. The number of thiazole rings is 1. The Labute approximate surface area is 118 Å². The average molecular weight is 293 g/mol. The van der Waals surface area contributed by atoms with Crippen LogP contribution in [-0.4, -0.2) is 27.0 Å². The van der Waals surface area contributed by atoms with Crippen LogP contribution < -0.4 is 10.1 Å². The number of amides is 1. The third-order valence-corrected chi connectivity index (χ3v) is 2.99. The Morgan fingerprint density at radius 2 is 2.30 bits per heavy atom. The van der Waals surface area contributed by atoms with Crippen molar-refractivity contribution < 1.29 is 19.4 Å². The van der Waals surface area contributed by atoms with Crippen LogP contribution in [0, 0.1) is 0 Å². The molecule has 1 amide bonds. The molecule has 7 nitrogen and oxygen atoms in total. The smallest absolute Gasteiger partial charge is 0.358 e. The molecule has 20 heavy (non-hydrogen) atoms. The van der Waals surface area contributed by atoms with Crippen LogP contribution in [0.3, 0.4) is 0 Å². The molecule has 0 fully saturated rings. The third kappa shape index (κ3) is 3.51. The Morgan fingerprint density at radius 1 is 1.50 bits per heavy atom. The van der Waals surface area contributed by atoms with Gasteiger partial charge < -0.3 is 15.2 Å². The summed E-state index contributed by atoms with van der Waals surface area (Å²) in [5, 5.41) is 13.7. The molecule has 0 unspecified atom stereocenters. The number of carbonyl (C=O) groups is 2. The van der Waals surface area contributed by atoms with Crippen molar-refractivity contribution in [1.82, 2.24) is 9.97 Å². The average Bonchev–Trinajstić information content (AvgIpc) is 2.83. The number of nitrogens with one attached hydrogen (secondary N) is 1. The fourth-order valence-electron chi connectivity index (χ4n) is 1.40. The number of hydrogen-bond acceptors (Lipinski definition) is 6. The molecule has 0 saturated carbocycles. The largest absolute Gasteiger partial charge is 0.485 e. The Kier molecular flexibility index (Phi) is 4.26. The first-order valence-corrected chi connectivity index (χ1v) is 6.47. The van der Waals surface area contributed by atoms with Gasteiger partial charge in [0.15, 0.2) is 16.6 Å². The minimum Gasteiger partial charge on any atom is -0.485 e. The van der Waals surface area contributed by atoms with Crippen LogP contribution in [0.2, 0.25) is 0 Å². The molecule has 0 saturated heterocycles. The van der Waals surface area contributed by atoms with E-state index in [1.807, 2.05) is 0 Å². The minimum atomic E-state index is -1.15. The summed E-state index contributed by atoms with van der Waals surface area (Å²) in [6.07, 6.45) is 1.38. The van der Waals surface area contributed by atoms with Crippen LogP contribution in [0.4, 0.5) is 5.13 Å². The van der Waals surface area contributed by atoms with Crippen molar-refractivity contribution in [2.45, 2.75) is 13.5 Å². The maximum Gasteiger partial charge on any atom is 0.358 e. The number of rotatable bonds is 5. The molecule has 0 aliphatic rings. The highest BCUT2D eigenvalue weighted by Crippen LogP contribution is 2.19. The summed E-state index contributed by atoms with van der Waals surface area (Å²) in [5.74, 6) is -1.18. The lowest BCUT2D eigenvalue weighted by Crippen LogP contribution is -2.07. The molecule has 0 spiro atoms. The van der Waals surface area contributed by atoms with Crippen molar-refractivity contribution in [3.63, 3.8) is 0 Å². The van der Waals surface area contributed by atoms with E-state index in [1.165, 1.54) is 30.5 Å². The molecule has 2 heterocycles. The van der Waals surface area contributed by atoms with Crippen LogP contribution in [0.25, 0.3) is 0 Å². The second kappa shape index (κ2) is 6.11. The van der Waals surface area contributed by atoms with E-state index in [-0.39, 0.29) is 24.0 Å². The Bertz CT molecular complexity index is 641. The van der Waals surface area contributed by atoms with Gasteiger partial charge in [-0.3, -0.25) is 4.79 Å². The zero-order chi connectivity index (χ0) is 14.5. The summed E-state index contributed by atoms with van der Waals surface area (Å²) < 4.78 is 5.39. The number of pyridine rings is 1. The highest BCUT2D eigenvalue weighted by Gasteiger charge is 2.13. The van der Waals surface area contributed by atoms with E-state index >= 15 is 0 Å². The monoisotopic (exact) mass is 293 g/mol. The molecule has 2 aromatic heterocycles. The summed E-state index contributed by atoms with van der Waals surface area (Å²) >= 11 is 1.27. The summed E-state index contributed by atoms with van der Waals surface area (Å²) in [6, 6.07) is 3.11. The second-order valence-corrected chi connectivity index (χ2v) is 4.63. The molecule has 0 aromatic carbocycles. The first-order chi connectivity index (χ1) is 9.56. The van der Waals surface area contributed by atoms with Crippen molar-refractivity contribution in [3.05, 3.63) is 35.1 Å². The topological polar surface area (TPSA) is 101 Å². The van der Waals surface area contributed by atoms with Gasteiger partial charge in [0.25, 0.3) is 0 Å². The quantitative estimate of drug-likeness (QED) is 0.871. The Balaban J connectivity index is 2.04. The van der Waals surface area contributed by atoms with Gasteiger partial charge in [-0.2, -0.15) is 0 Å². The van der Waals surface area contributed by atoms with E-state index in [0.717, 1.165) is 0 Å². The summed E-state index contributed by atoms with van der Waals surface area (Å²) in [6.45, 7) is 1.49. The van der Waals surface area contributed by atoms with Gasteiger partial charge in [0.05, 0.1) is 5.69 Å². The van der Waals surface area contributed by atoms with Crippen LogP contribution in [-0.2, 0) is 11.4 Å². The molecule has 0 aliphatic carbocycles. The molecular formula is C12H11N3O4S. The number of carboxylic acids is 1. The molecule has 0 bridgehead atoms. The Hall–Kier alpha value is -2.48. The first kappa shape index (κ1) is 13.9. The molecule has 0 aliphatic heterocycles. The number of aromatic carboxylic acids is 1. The van der Waals surface area contributed by atoms with E-state index in [4.69, 9.17) is 9.84 Å². The molecule has 0 atom stereocenters. The zero-order valence-corrected chi connectivity index (χ0v) is 11.3. The number of carboxylic acid groups (broad SMARTS) is 1. The lowest BCUT2D eigenvalue weighted by molar-refractivity contribution is -0.114. The van der Waals surface area contributed by atoms with Crippen molar-refractivity contribution in [2.75, 3.05) is 5.32 Å². The molecule has 0 radical (unpaired) electrons. The molecule has 2 rings (SSSR count). The van der Waals surface area contributed by atoms with Crippen molar-refractivity contribution in [1.29, 1.82) is 0 Å². The highest BCUT2D eigenvalue weighted by molar-refractivity contribution is 7.13. The van der Waals surface area contributed by atoms with Crippen molar-refractivity contribution >= 4 is 28.3 Å². The number of carbonyl (C=O) groups excluding carboxylic acids is 1. The maximum absolute atomic E-state index is 11.0. The van der Waals surface area contributed by atoms with Gasteiger partial charge in [-0.15, -0.1) is 11.3 Å². The number of hydrogen-bond donors (Lipinski definition) is 2. The number of nitrogens with zero attached hydrogens (tertiary/aromatic N) is 2. The first-order valence-electron chi connectivity index (χ1n) is 5.59. The van der Waals surface area contributed by atoms with Gasteiger partial charge in [-0.1, -0.05) is 0 Å². The van der Waals surface area contributed by atoms with Gasteiger partial charge >= 0.3 is 5.97 Å². The molecule has 8 heteroatoms. The van der Waals surface area contributed by atoms with Crippen molar-refractivity contribution in [2.24, 2.45) is 0 Å². The third-order valence-electron chi connectivity index (χ3n) is 2.18. The normalized spacial score (nSPS) is 10.1. The predicted molar refractivity (Wildman–Crippen MR) is 71.9 cm³/mol. The SMILES string of the molecule is CC(=O)Nc1nc(COc2cccnc2C(=O)O)cs1. The highest BCUT2D eigenvalue weighted by atomic mass is 32.1. The van der Waals surface area contributed by atoms with E-state index in [0.29, 0.717) is 10.8 Å². The van der Waals surface area contributed by atoms with E-state index in [2.05, 4.69) is 15.3 Å². The standard InChI is InChI=1S/C12H11N3O4S/c1-7(16)14-12-15-8(6-20-12)5-19-9-3-2-4-13-10(9)11(17)18/h2-4,6H,5H2,1H3,(H,17,18)(H,14,15,16).